The van der Waals surface area contributed by atoms with E-state index in [1.54, 1.807) is 0 Å². The van der Waals surface area contributed by atoms with Crippen LogP contribution >= 0.6 is 15.9 Å². The van der Waals surface area contributed by atoms with Crippen LogP contribution in [0.3, 0.4) is 0 Å². The van der Waals surface area contributed by atoms with Crippen LogP contribution in [-0.4, -0.2) is 31.7 Å². The first-order chi connectivity index (χ1) is 7.76. The number of alkyl halides is 2. The average Bonchev–Trinajstić information content (AvgIpc) is 2.34. The van der Waals surface area contributed by atoms with Gasteiger partial charge in [0.15, 0.2) is 0 Å². The molecule has 0 aliphatic rings. The van der Waals surface area contributed by atoms with E-state index >= 15 is 0 Å². The standard InChI is InChI=1S/C13H19BrFN/c1-16(9-2-8-15)10-7-12-3-5-13(11-14)6-4-12/h3-6H,2,7-11H2,1H3. The van der Waals surface area contributed by atoms with Gasteiger partial charge in [-0.15, -0.1) is 0 Å². The molecule has 0 amide bonds. The van der Waals surface area contributed by atoms with E-state index in [0.717, 1.165) is 24.8 Å². The van der Waals surface area contributed by atoms with Gasteiger partial charge in [-0.05, 0) is 31.0 Å². The Bertz CT molecular complexity index is 286. The first kappa shape index (κ1) is 13.7. The van der Waals surface area contributed by atoms with E-state index in [9.17, 15) is 4.39 Å². The molecule has 0 radical (unpaired) electrons. The van der Waals surface area contributed by atoms with Crippen LogP contribution in [0.25, 0.3) is 0 Å². The van der Waals surface area contributed by atoms with E-state index in [4.69, 9.17) is 0 Å². The van der Waals surface area contributed by atoms with Gasteiger partial charge in [0, 0.05) is 18.4 Å². The highest BCUT2D eigenvalue weighted by Gasteiger charge is 1.99. The highest BCUT2D eigenvalue weighted by Crippen LogP contribution is 2.08. The molecule has 1 rings (SSSR count). The molecule has 0 N–H and O–H groups in total. The van der Waals surface area contributed by atoms with Crippen molar-refractivity contribution in [1.29, 1.82) is 0 Å². The molecule has 0 fully saturated rings. The van der Waals surface area contributed by atoms with Gasteiger partial charge in [0.05, 0.1) is 6.67 Å². The molecule has 0 saturated heterocycles. The van der Waals surface area contributed by atoms with Crippen molar-refractivity contribution in [3.8, 4) is 0 Å². The van der Waals surface area contributed by atoms with Gasteiger partial charge in [0.2, 0.25) is 0 Å². The Hall–Kier alpha value is -0.410. The van der Waals surface area contributed by atoms with Gasteiger partial charge >= 0.3 is 0 Å². The highest BCUT2D eigenvalue weighted by atomic mass is 79.9. The zero-order chi connectivity index (χ0) is 11.8. The third kappa shape index (κ3) is 5.08. The van der Waals surface area contributed by atoms with E-state index < -0.39 is 0 Å². The maximum atomic E-state index is 12.0. The predicted octanol–water partition coefficient (Wildman–Crippen LogP) is 3.42. The molecule has 0 saturated carbocycles. The summed E-state index contributed by atoms with van der Waals surface area (Å²) in [7, 11) is 2.04. The molecule has 90 valence electrons. The molecule has 3 heteroatoms. The Labute approximate surface area is 106 Å². The SMILES string of the molecule is CN(CCCF)CCc1ccc(CBr)cc1. The van der Waals surface area contributed by atoms with Crippen LogP contribution in [0.1, 0.15) is 17.5 Å². The third-order valence-electron chi connectivity index (χ3n) is 2.63. The van der Waals surface area contributed by atoms with Crippen LogP contribution in [-0.2, 0) is 11.8 Å². The first-order valence-corrected chi connectivity index (χ1v) is 6.76. The molecule has 0 unspecified atom stereocenters. The zero-order valence-electron chi connectivity index (χ0n) is 9.76. The van der Waals surface area contributed by atoms with Crippen molar-refractivity contribution in [2.45, 2.75) is 18.2 Å². The minimum atomic E-state index is -0.218. The second-order valence-electron chi connectivity index (χ2n) is 4.05. The van der Waals surface area contributed by atoms with Crippen molar-refractivity contribution in [2.24, 2.45) is 0 Å². The van der Waals surface area contributed by atoms with Crippen LogP contribution < -0.4 is 0 Å². The van der Waals surface area contributed by atoms with Gasteiger partial charge in [-0.2, -0.15) is 0 Å². The zero-order valence-corrected chi connectivity index (χ0v) is 11.3. The Morgan fingerprint density at radius 1 is 1.12 bits per heavy atom. The van der Waals surface area contributed by atoms with Gasteiger partial charge in [-0.3, -0.25) is 4.39 Å². The molecule has 0 atom stereocenters. The van der Waals surface area contributed by atoms with Gasteiger partial charge < -0.3 is 4.90 Å². The number of hydrogen-bond donors (Lipinski definition) is 0. The van der Waals surface area contributed by atoms with Crippen molar-refractivity contribution < 1.29 is 4.39 Å². The fraction of sp³-hybridized carbons (Fsp3) is 0.538. The predicted molar refractivity (Wildman–Crippen MR) is 70.9 cm³/mol. The highest BCUT2D eigenvalue weighted by molar-refractivity contribution is 9.08. The molecule has 1 aromatic rings. The van der Waals surface area contributed by atoms with Crippen LogP contribution in [0.4, 0.5) is 4.39 Å². The lowest BCUT2D eigenvalue weighted by molar-refractivity contribution is 0.312. The van der Waals surface area contributed by atoms with E-state index in [1.165, 1.54) is 11.1 Å². The number of rotatable bonds is 7. The molecule has 0 spiro atoms. The van der Waals surface area contributed by atoms with E-state index in [1.807, 2.05) is 7.05 Å². The normalized spacial score (nSPS) is 11.0. The molecule has 0 heterocycles. The summed E-state index contributed by atoms with van der Waals surface area (Å²) in [5.41, 5.74) is 2.64. The lowest BCUT2D eigenvalue weighted by Crippen LogP contribution is -2.22. The van der Waals surface area contributed by atoms with Crippen LogP contribution in [0.15, 0.2) is 24.3 Å². The number of benzene rings is 1. The molecule has 1 aromatic carbocycles. The average molecular weight is 288 g/mol. The van der Waals surface area contributed by atoms with E-state index in [-0.39, 0.29) is 6.67 Å². The number of nitrogens with zero attached hydrogens (tertiary/aromatic N) is 1. The summed E-state index contributed by atoms with van der Waals surface area (Å²) in [5.74, 6) is 0. The van der Waals surface area contributed by atoms with Gasteiger partial charge in [0.1, 0.15) is 0 Å². The Morgan fingerprint density at radius 2 is 1.75 bits per heavy atom. The Kier molecular flexibility index (Phi) is 6.65. The number of likely N-dealkylation sites (N-methyl/N-ethyl adjacent to an activating group) is 1. The smallest absolute Gasteiger partial charge is 0.0906 e. The molecular formula is C13H19BrFN. The van der Waals surface area contributed by atoms with Crippen LogP contribution in [0, 0.1) is 0 Å². The largest absolute Gasteiger partial charge is 0.306 e. The van der Waals surface area contributed by atoms with E-state index in [0.29, 0.717) is 6.42 Å². The molecule has 0 aromatic heterocycles. The van der Waals surface area contributed by atoms with Crippen LogP contribution in [0.5, 0.6) is 0 Å². The monoisotopic (exact) mass is 287 g/mol. The fourth-order valence-electron chi connectivity index (χ4n) is 1.56. The van der Waals surface area contributed by atoms with Crippen molar-refractivity contribution in [2.75, 3.05) is 26.8 Å². The van der Waals surface area contributed by atoms with Gasteiger partial charge in [-0.25, -0.2) is 0 Å². The summed E-state index contributed by atoms with van der Waals surface area (Å²) >= 11 is 3.43. The molecule has 16 heavy (non-hydrogen) atoms. The minimum absolute atomic E-state index is 0.218. The Morgan fingerprint density at radius 3 is 2.31 bits per heavy atom. The summed E-state index contributed by atoms with van der Waals surface area (Å²) in [6.45, 7) is 1.62. The lowest BCUT2D eigenvalue weighted by Gasteiger charge is -2.15. The summed E-state index contributed by atoms with van der Waals surface area (Å²) in [5, 5.41) is 0.906. The quantitative estimate of drug-likeness (QED) is 0.695. The van der Waals surface area contributed by atoms with Crippen molar-refractivity contribution >= 4 is 15.9 Å². The third-order valence-corrected chi connectivity index (χ3v) is 3.28. The summed E-state index contributed by atoms with van der Waals surface area (Å²) in [6.07, 6.45) is 1.67. The molecule has 0 aliphatic carbocycles. The van der Waals surface area contributed by atoms with Crippen molar-refractivity contribution in [1.82, 2.24) is 4.90 Å². The van der Waals surface area contributed by atoms with E-state index in [2.05, 4.69) is 45.1 Å². The lowest BCUT2D eigenvalue weighted by atomic mass is 10.1. The minimum Gasteiger partial charge on any atom is -0.306 e. The van der Waals surface area contributed by atoms with Crippen LogP contribution in [0.2, 0.25) is 0 Å². The van der Waals surface area contributed by atoms with Crippen molar-refractivity contribution in [3.63, 3.8) is 0 Å². The molecule has 0 aliphatic heterocycles. The second-order valence-corrected chi connectivity index (χ2v) is 4.61. The molecular weight excluding hydrogens is 269 g/mol. The maximum Gasteiger partial charge on any atom is 0.0906 e. The van der Waals surface area contributed by atoms with Gasteiger partial charge in [-0.1, -0.05) is 40.2 Å². The summed E-state index contributed by atoms with van der Waals surface area (Å²) < 4.78 is 12.0. The van der Waals surface area contributed by atoms with Crippen molar-refractivity contribution in [3.05, 3.63) is 35.4 Å². The summed E-state index contributed by atoms with van der Waals surface area (Å²) in [6, 6.07) is 8.62. The molecule has 1 nitrogen and oxygen atoms in total. The first-order valence-electron chi connectivity index (χ1n) is 5.64. The van der Waals surface area contributed by atoms with Gasteiger partial charge in [0.25, 0.3) is 0 Å². The fourth-order valence-corrected chi connectivity index (χ4v) is 1.93. The topological polar surface area (TPSA) is 3.24 Å². The summed E-state index contributed by atoms with van der Waals surface area (Å²) in [4.78, 5) is 2.18. The maximum absolute atomic E-state index is 12.0. The number of hydrogen-bond acceptors (Lipinski definition) is 1. The Balaban J connectivity index is 2.30. The molecule has 0 bridgehead atoms. The second kappa shape index (κ2) is 7.80. The number of halogens is 2.